The maximum atomic E-state index is 2.51. The van der Waals surface area contributed by atoms with Gasteiger partial charge in [0.15, 0.2) is 0 Å². The lowest BCUT2D eigenvalue weighted by Gasteiger charge is -2.58. The van der Waals surface area contributed by atoms with E-state index in [0.29, 0.717) is 5.41 Å². The van der Waals surface area contributed by atoms with Crippen molar-refractivity contribution in [2.24, 2.45) is 17.3 Å². The lowest BCUT2D eigenvalue weighted by atomic mass is 9.47. The van der Waals surface area contributed by atoms with Crippen molar-refractivity contribution in [3.8, 4) is 0 Å². The van der Waals surface area contributed by atoms with Crippen molar-refractivity contribution in [3.05, 3.63) is 35.4 Å². The van der Waals surface area contributed by atoms with Gasteiger partial charge in [-0.3, -0.25) is 0 Å². The van der Waals surface area contributed by atoms with Crippen LogP contribution < -0.4 is 0 Å². The maximum Gasteiger partial charge on any atom is -0.00463 e. The summed E-state index contributed by atoms with van der Waals surface area (Å²) in [6.45, 7) is 4.65. The summed E-state index contributed by atoms with van der Waals surface area (Å²) in [7, 11) is 0. The lowest BCUT2D eigenvalue weighted by Crippen LogP contribution is -2.48. The van der Waals surface area contributed by atoms with Crippen LogP contribution in [0.2, 0.25) is 0 Å². The third kappa shape index (κ3) is 4.62. The van der Waals surface area contributed by atoms with Crippen LogP contribution in [0.15, 0.2) is 24.3 Å². The van der Waals surface area contributed by atoms with Crippen LogP contribution in [0.25, 0.3) is 0 Å². The van der Waals surface area contributed by atoms with Crippen molar-refractivity contribution < 1.29 is 0 Å². The van der Waals surface area contributed by atoms with E-state index >= 15 is 0 Å². The summed E-state index contributed by atoms with van der Waals surface area (Å²) in [6.07, 6.45) is 24.8. The fraction of sp³-hybridized carbons (Fsp3) is 0.793. The number of fused-ring (bicyclic) bond motifs is 3. The molecule has 4 fully saturated rings. The summed E-state index contributed by atoms with van der Waals surface area (Å²) in [5, 5.41) is 0. The van der Waals surface area contributed by atoms with E-state index in [1.165, 1.54) is 96.3 Å². The van der Waals surface area contributed by atoms with Gasteiger partial charge in [-0.25, -0.2) is 0 Å². The maximum absolute atomic E-state index is 2.51. The molecule has 1 aromatic rings. The summed E-state index contributed by atoms with van der Waals surface area (Å²) in [5.74, 6) is 2.12. The molecule has 5 rings (SSSR count). The normalized spacial score (nSPS) is 34.4. The number of unbranched alkanes of at least 4 members (excludes halogenated alkanes) is 3. The van der Waals surface area contributed by atoms with Crippen molar-refractivity contribution in [1.29, 1.82) is 0 Å². The monoisotopic (exact) mass is 394 g/mol. The molecule has 4 saturated carbocycles. The van der Waals surface area contributed by atoms with E-state index in [4.69, 9.17) is 0 Å². The molecule has 0 nitrogen and oxygen atoms in total. The zero-order valence-electron chi connectivity index (χ0n) is 19.5. The van der Waals surface area contributed by atoms with E-state index in [1.807, 2.05) is 0 Å². The van der Waals surface area contributed by atoms with E-state index in [-0.39, 0.29) is 0 Å². The Bertz CT molecular complexity index is 591. The van der Waals surface area contributed by atoms with Gasteiger partial charge in [-0.15, -0.1) is 0 Å². The first-order valence-corrected chi connectivity index (χ1v) is 13.3. The molecule has 0 N–H and O–H groups in total. The molecule has 29 heavy (non-hydrogen) atoms. The second-order valence-electron chi connectivity index (χ2n) is 11.2. The van der Waals surface area contributed by atoms with Gasteiger partial charge in [-0.1, -0.05) is 83.1 Å². The highest BCUT2D eigenvalue weighted by Gasteiger charge is 2.52. The van der Waals surface area contributed by atoms with Crippen LogP contribution in [0.4, 0.5) is 0 Å². The molecule has 0 unspecified atom stereocenters. The fourth-order valence-electron chi connectivity index (χ4n) is 7.42. The Morgan fingerprint density at radius 3 is 1.93 bits per heavy atom. The van der Waals surface area contributed by atoms with Crippen molar-refractivity contribution in [2.45, 2.75) is 128 Å². The molecule has 1 aromatic carbocycles. The smallest absolute Gasteiger partial charge is 0.00463 e. The Labute approximate surface area is 181 Å². The van der Waals surface area contributed by atoms with Crippen molar-refractivity contribution in [2.75, 3.05) is 0 Å². The highest BCUT2D eigenvalue weighted by molar-refractivity contribution is 5.31. The van der Waals surface area contributed by atoms with Gasteiger partial charge in [0.2, 0.25) is 0 Å². The molecule has 0 aromatic heterocycles. The molecule has 2 bridgehead atoms. The summed E-state index contributed by atoms with van der Waals surface area (Å²) in [4.78, 5) is 0. The molecule has 4 aliphatic rings. The first-order chi connectivity index (χ1) is 14.2. The predicted octanol–water partition coefficient (Wildman–Crippen LogP) is 9.01. The van der Waals surface area contributed by atoms with Crippen molar-refractivity contribution in [1.82, 2.24) is 0 Å². The minimum atomic E-state index is 0.530. The minimum absolute atomic E-state index is 0.530. The SMILES string of the molecule is CCCCCc1ccc(C23CCC(C4CCC(CCCC)CC4)(CC2)CC3)cc1. The van der Waals surface area contributed by atoms with Gasteiger partial charge in [0.1, 0.15) is 0 Å². The first kappa shape index (κ1) is 21.5. The second-order valence-corrected chi connectivity index (χ2v) is 11.2. The third-order valence-corrected chi connectivity index (χ3v) is 9.62. The van der Waals surface area contributed by atoms with Gasteiger partial charge in [0, 0.05) is 0 Å². The fourth-order valence-corrected chi connectivity index (χ4v) is 7.42. The molecule has 0 amide bonds. The van der Waals surface area contributed by atoms with Crippen molar-refractivity contribution in [3.63, 3.8) is 0 Å². The van der Waals surface area contributed by atoms with E-state index in [9.17, 15) is 0 Å². The van der Waals surface area contributed by atoms with Crippen LogP contribution in [0, 0.1) is 17.3 Å². The van der Waals surface area contributed by atoms with Crippen LogP contribution in [0.1, 0.15) is 128 Å². The van der Waals surface area contributed by atoms with E-state index < -0.39 is 0 Å². The van der Waals surface area contributed by atoms with Gasteiger partial charge in [-0.05, 0) is 98.0 Å². The molecule has 0 heteroatoms. The van der Waals surface area contributed by atoms with Gasteiger partial charge in [0.05, 0.1) is 0 Å². The zero-order valence-corrected chi connectivity index (χ0v) is 19.5. The molecule has 0 radical (unpaired) electrons. The lowest BCUT2D eigenvalue weighted by molar-refractivity contribution is -0.0294. The summed E-state index contributed by atoms with van der Waals surface area (Å²) in [6, 6.07) is 9.93. The molecule has 0 spiro atoms. The van der Waals surface area contributed by atoms with Crippen LogP contribution in [0.3, 0.4) is 0 Å². The van der Waals surface area contributed by atoms with Crippen LogP contribution >= 0.6 is 0 Å². The topological polar surface area (TPSA) is 0 Å². The molecular weight excluding hydrogens is 348 g/mol. The minimum Gasteiger partial charge on any atom is -0.0654 e. The van der Waals surface area contributed by atoms with Gasteiger partial charge in [0.25, 0.3) is 0 Å². The molecule has 0 atom stereocenters. The van der Waals surface area contributed by atoms with E-state index in [0.717, 1.165) is 17.3 Å². The van der Waals surface area contributed by atoms with Gasteiger partial charge >= 0.3 is 0 Å². The quantitative estimate of drug-likeness (QED) is 0.366. The molecular formula is C29H46. The number of benzene rings is 1. The van der Waals surface area contributed by atoms with Crippen LogP contribution in [-0.2, 0) is 11.8 Å². The number of aryl methyl sites for hydroxylation is 1. The largest absolute Gasteiger partial charge is 0.0654 e. The molecule has 4 aliphatic carbocycles. The Hall–Kier alpha value is -0.780. The highest BCUT2D eigenvalue weighted by atomic mass is 14.6. The summed E-state index contributed by atoms with van der Waals surface area (Å²) < 4.78 is 0. The molecule has 0 aliphatic heterocycles. The first-order valence-electron chi connectivity index (χ1n) is 13.3. The van der Waals surface area contributed by atoms with Gasteiger partial charge < -0.3 is 0 Å². The van der Waals surface area contributed by atoms with E-state index in [2.05, 4.69) is 38.1 Å². The number of rotatable bonds is 9. The molecule has 0 heterocycles. The third-order valence-electron chi connectivity index (χ3n) is 9.62. The number of hydrogen-bond acceptors (Lipinski definition) is 0. The average molecular weight is 395 g/mol. The van der Waals surface area contributed by atoms with Crippen LogP contribution in [-0.4, -0.2) is 0 Å². The molecule has 162 valence electrons. The summed E-state index contributed by atoms with van der Waals surface area (Å²) in [5.41, 5.74) is 4.49. The Morgan fingerprint density at radius 1 is 0.724 bits per heavy atom. The zero-order chi connectivity index (χ0) is 20.2. The predicted molar refractivity (Wildman–Crippen MR) is 126 cm³/mol. The van der Waals surface area contributed by atoms with Crippen molar-refractivity contribution >= 4 is 0 Å². The second kappa shape index (κ2) is 9.57. The number of hydrogen-bond donors (Lipinski definition) is 0. The highest BCUT2D eigenvalue weighted by Crippen LogP contribution is 2.62. The standard InChI is InChI=1S/C29H46/c1-3-5-7-9-25-12-16-27(17-13-25)29-21-18-28(19-22-29,20-23-29)26-14-10-24(11-15-26)8-6-4-2/h12-13,16-17,24,26H,3-11,14-15,18-23H2,1-2H3. The Kier molecular flexibility index (Phi) is 7.08. The van der Waals surface area contributed by atoms with Crippen LogP contribution in [0.5, 0.6) is 0 Å². The Morgan fingerprint density at radius 2 is 1.34 bits per heavy atom. The average Bonchev–Trinajstić information content (AvgIpc) is 2.80. The van der Waals surface area contributed by atoms with Gasteiger partial charge in [-0.2, -0.15) is 0 Å². The van der Waals surface area contributed by atoms with E-state index in [1.54, 1.807) is 24.0 Å². The Balaban J connectivity index is 1.33. The summed E-state index contributed by atoms with van der Waals surface area (Å²) >= 11 is 0. The molecule has 0 saturated heterocycles.